The van der Waals surface area contributed by atoms with Gasteiger partial charge in [-0.05, 0) is 18.2 Å². The Bertz CT molecular complexity index is 837. The van der Waals surface area contributed by atoms with E-state index in [0.29, 0.717) is 6.07 Å². The van der Waals surface area contributed by atoms with Gasteiger partial charge < -0.3 is 16.2 Å². The Morgan fingerprint density at radius 1 is 1.32 bits per heavy atom. The van der Waals surface area contributed by atoms with Crippen LogP contribution in [-0.2, 0) is 20.5 Å². The summed E-state index contributed by atoms with van der Waals surface area (Å²) in [5.41, 5.74) is 8.24. The number of nitrogens with zero attached hydrogens (tertiary/aromatic N) is 1. The summed E-state index contributed by atoms with van der Waals surface area (Å²) in [5, 5.41) is -0.283. The highest BCUT2D eigenvalue weighted by molar-refractivity contribution is 6.49. The molecule has 0 fully saturated rings. The van der Waals surface area contributed by atoms with Gasteiger partial charge in [0.2, 0.25) is 0 Å². The van der Waals surface area contributed by atoms with E-state index in [1.54, 1.807) is 0 Å². The molecule has 1 aliphatic rings. The highest BCUT2D eigenvalue weighted by atomic mass is 35.5. The number of halogens is 5. The van der Waals surface area contributed by atoms with Crippen molar-refractivity contribution >= 4 is 46.5 Å². The maximum atomic E-state index is 13.0. The number of amides is 1. The molecule has 1 aromatic carbocycles. The Balaban J connectivity index is 2.63. The summed E-state index contributed by atoms with van der Waals surface area (Å²) in [4.78, 5) is 25.0. The van der Waals surface area contributed by atoms with Crippen LogP contribution >= 0.6 is 23.2 Å². The van der Waals surface area contributed by atoms with Crippen molar-refractivity contribution in [3.05, 3.63) is 40.1 Å². The molecule has 0 radical (unpaired) electrons. The van der Waals surface area contributed by atoms with E-state index in [9.17, 15) is 22.8 Å². The van der Waals surface area contributed by atoms with Crippen molar-refractivity contribution in [2.24, 2.45) is 10.7 Å². The number of benzene rings is 1. The van der Waals surface area contributed by atoms with Gasteiger partial charge in [-0.2, -0.15) is 13.2 Å². The molecule has 6 nitrogen and oxygen atoms in total. The molecule has 1 aliphatic heterocycles. The molecule has 1 aromatic rings. The number of carbonyl (C=O) groups is 2. The zero-order valence-electron chi connectivity index (χ0n) is 12.4. The topological polar surface area (TPSA) is 108 Å². The third-order valence-corrected chi connectivity index (χ3v) is 4.15. The number of rotatable bonds is 2. The van der Waals surface area contributed by atoms with Crippen LogP contribution in [0.1, 0.15) is 11.1 Å². The fourth-order valence-corrected chi connectivity index (χ4v) is 2.53. The fourth-order valence-electron chi connectivity index (χ4n) is 2.14. The first-order chi connectivity index (χ1) is 11.4. The first-order valence-electron chi connectivity index (χ1n) is 6.47. The summed E-state index contributed by atoms with van der Waals surface area (Å²) in [5.74, 6) is -2.39. The number of anilines is 1. The average molecular weight is 396 g/mol. The van der Waals surface area contributed by atoms with Gasteiger partial charge in [-0.15, -0.1) is 0 Å². The number of hydrogen-bond acceptors (Lipinski definition) is 5. The summed E-state index contributed by atoms with van der Waals surface area (Å²) in [6.07, 6.45) is -3.81. The van der Waals surface area contributed by atoms with Crippen molar-refractivity contribution < 1.29 is 27.5 Å². The summed E-state index contributed by atoms with van der Waals surface area (Å²) < 4.78 is 43.5. The molecular weight excluding hydrogens is 386 g/mol. The Hall–Kier alpha value is -2.26. The van der Waals surface area contributed by atoms with Gasteiger partial charge in [0, 0.05) is 10.6 Å². The van der Waals surface area contributed by atoms with Crippen molar-refractivity contribution in [1.29, 1.82) is 0 Å². The van der Waals surface area contributed by atoms with Crippen molar-refractivity contribution in [2.45, 2.75) is 11.1 Å². The van der Waals surface area contributed by atoms with E-state index >= 15 is 0 Å². The number of methoxy groups -OCH3 is 1. The molecule has 2 rings (SSSR count). The van der Waals surface area contributed by atoms with Crippen molar-refractivity contribution in [3.8, 4) is 0 Å². The number of nitrogens with two attached hydrogens (primary N) is 2. The lowest BCUT2D eigenvalue weighted by molar-refractivity contribution is -0.146. The molecule has 0 spiro atoms. The van der Waals surface area contributed by atoms with Gasteiger partial charge in [-0.3, -0.25) is 4.79 Å². The Morgan fingerprint density at radius 2 is 1.92 bits per heavy atom. The van der Waals surface area contributed by atoms with Gasteiger partial charge in [0.05, 0.1) is 29.8 Å². The summed E-state index contributed by atoms with van der Waals surface area (Å²) in [7, 11) is 0.983. The second kappa shape index (κ2) is 6.23. The van der Waals surface area contributed by atoms with E-state index in [0.717, 1.165) is 19.3 Å². The largest absolute Gasteiger partial charge is 0.467 e. The van der Waals surface area contributed by atoms with Crippen LogP contribution in [0, 0.1) is 0 Å². The molecule has 1 atom stereocenters. The van der Waals surface area contributed by atoms with Gasteiger partial charge in [-0.1, -0.05) is 23.2 Å². The predicted octanol–water partition coefficient (Wildman–Crippen LogP) is 2.26. The van der Waals surface area contributed by atoms with E-state index in [2.05, 4.69) is 9.73 Å². The maximum Gasteiger partial charge on any atom is 0.418 e. The first kappa shape index (κ1) is 19.1. The van der Waals surface area contributed by atoms with Crippen molar-refractivity contribution in [1.82, 2.24) is 0 Å². The molecule has 0 aromatic heterocycles. The van der Waals surface area contributed by atoms with Crippen LogP contribution < -0.4 is 11.5 Å². The Labute approximate surface area is 149 Å². The fraction of sp³-hybridized carbons (Fsp3) is 0.214. The van der Waals surface area contributed by atoms with Gasteiger partial charge in [0.15, 0.2) is 0 Å². The number of alkyl halides is 4. The molecule has 25 heavy (non-hydrogen) atoms. The highest BCUT2D eigenvalue weighted by Crippen LogP contribution is 2.38. The lowest BCUT2D eigenvalue weighted by atomic mass is 9.95. The normalized spacial score (nSPS) is 20.8. The summed E-state index contributed by atoms with van der Waals surface area (Å²) in [6.45, 7) is 0. The minimum absolute atomic E-state index is 0.278. The third-order valence-electron chi connectivity index (χ3n) is 3.40. The van der Waals surface area contributed by atoms with Crippen LogP contribution in [0.3, 0.4) is 0 Å². The Kier molecular flexibility index (Phi) is 4.75. The van der Waals surface area contributed by atoms with Gasteiger partial charge >= 0.3 is 12.1 Å². The van der Waals surface area contributed by atoms with Crippen LogP contribution in [0.2, 0.25) is 5.02 Å². The molecule has 1 amide bonds. The highest BCUT2D eigenvalue weighted by Gasteiger charge is 2.50. The SMILES string of the molecule is COC(=O)C1(Cl)C(=O)N=C(c2cc(Cl)cc(C(F)(F)F)c2N)C=C1N. The van der Waals surface area contributed by atoms with Gasteiger partial charge in [0.1, 0.15) is 0 Å². The minimum Gasteiger partial charge on any atom is -0.467 e. The van der Waals surface area contributed by atoms with E-state index in [1.165, 1.54) is 0 Å². The number of aliphatic imine (C=N–C) groups is 1. The first-order valence-corrected chi connectivity index (χ1v) is 7.23. The number of allylic oxidation sites excluding steroid dienone is 1. The molecule has 0 saturated heterocycles. The lowest BCUT2D eigenvalue weighted by Crippen LogP contribution is -2.48. The zero-order valence-corrected chi connectivity index (χ0v) is 14.0. The zero-order chi connectivity index (χ0) is 19.2. The number of dihydropyridines is 1. The molecule has 0 aliphatic carbocycles. The minimum atomic E-state index is -4.78. The molecule has 1 heterocycles. The van der Waals surface area contributed by atoms with Crippen molar-refractivity contribution in [2.75, 3.05) is 12.8 Å². The molecule has 4 N–H and O–H groups in total. The van der Waals surface area contributed by atoms with Crippen LogP contribution in [-0.4, -0.2) is 29.6 Å². The number of hydrogen-bond donors (Lipinski definition) is 2. The van der Waals surface area contributed by atoms with E-state index < -0.39 is 39.9 Å². The quantitative estimate of drug-likeness (QED) is 0.345. The predicted molar refractivity (Wildman–Crippen MR) is 85.3 cm³/mol. The number of nitrogen functional groups attached to an aromatic ring is 1. The van der Waals surface area contributed by atoms with Crippen LogP contribution in [0.4, 0.5) is 18.9 Å². The van der Waals surface area contributed by atoms with Crippen LogP contribution in [0.5, 0.6) is 0 Å². The molecule has 0 bridgehead atoms. The van der Waals surface area contributed by atoms with E-state index in [1.807, 2.05) is 0 Å². The summed E-state index contributed by atoms with van der Waals surface area (Å²) >= 11 is 11.6. The maximum absolute atomic E-state index is 13.0. The molecule has 1 unspecified atom stereocenters. The second-order valence-electron chi connectivity index (χ2n) is 4.96. The Morgan fingerprint density at radius 3 is 2.40 bits per heavy atom. The lowest BCUT2D eigenvalue weighted by Gasteiger charge is -2.25. The monoisotopic (exact) mass is 395 g/mol. The number of carbonyl (C=O) groups excluding carboxylic acids is 2. The third kappa shape index (κ3) is 3.16. The average Bonchev–Trinajstić information content (AvgIpc) is 2.52. The van der Waals surface area contributed by atoms with Gasteiger partial charge in [0.25, 0.3) is 10.8 Å². The molecule has 11 heteroatoms. The standard InChI is InChI=1S/C14H10Cl2F3N3O3/c1-25-12(24)13(16)9(20)4-8(22-11(13)23)6-2-5(15)3-7(10(6)21)14(17,18)19/h2-4H,20-21H2,1H3. The van der Waals surface area contributed by atoms with E-state index in [4.69, 9.17) is 34.7 Å². The molecular formula is C14H10Cl2F3N3O3. The molecule has 134 valence electrons. The van der Waals surface area contributed by atoms with Crippen molar-refractivity contribution in [3.63, 3.8) is 0 Å². The second-order valence-corrected chi connectivity index (χ2v) is 5.97. The van der Waals surface area contributed by atoms with Crippen LogP contribution in [0.15, 0.2) is 28.9 Å². The number of esters is 1. The molecule has 0 saturated carbocycles. The van der Waals surface area contributed by atoms with Crippen LogP contribution in [0.25, 0.3) is 0 Å². The van der Waals surface area contributed by atoms with E-state index in [-0.39, 0.29) is 16.3 Å². The smallest absolute Gasteiger partial charge is 0.418 e. The summed E-state index contributed by atoms with van der Waals surface area (Å²) in [6, 6.07) is 1.72. The number of ether oxygens (including phenoxy) is 1. The van der Waals surface area contributed by atoms with Gasteiger partial charge in [-0.25, -0.2) is 9.79 Å².